The van der Waals surface area contributed by atoms with Crippen molar-refractivity contribution in [2.45, 2.75) is 13.0 Å². The molecule has 0 aliphatic heterocycles. The third-order valence-corrected chi connectivity index (χ3v) is 3.84. The molecule has 2 rings (SSSR count). The third-order valence-electron chi connectivity index (χ3n) is 3.43. The molecule has 20 heavy (non-hydrogen) atoms. The van der Waals surface area contributed by atoms with Crippen molar-refractivity contribution in [1.82, 2.24) is 5.32 Å². The largest absolute Gasteiger partial charge is 0.494 e. The highest BCUT2D eigenvalue weighted by molar-refractivity contribution is 6.31. The van der Waals surface area contributed by atoms with Crippen LogP contribution in [0.3, 0.4) is 0 Å². The van der Waals surface area contributed by atoms with Crippen LogP contribution >= 0.6 is 11.6 Å². The highest BCUT2D eigenvalue weighted by Crippen LogP contribution is 2.32. The van der Waals surface area contributed by atoms with Gasteiger partial charge in [0, 0.05) is 10.6 Å². The summed E-state index contributed by atoms with van der Waals surface area (Å²) in [5, 5.41) is 3.81. The molecule has 1 unspecified atom stereocenters. The van der Waals surface area contributed by atoms with E-state index in [9.17, 15) is 4.39 Å². The number of hydrogen-bond acceptors (Lipinski definition) is 2. The maximum Gasteiger partial charge on any atom is 0.170 e. The summed E-state index contributed by atoms with van der Waals surface area (Å²) in [6, 6.07) is 10.5. The molecule has 0 saturated heterocycles. The monoisotopic (exact) mass is 293 g/mol. The summed E-state index contributed by atoms with van der Waals surface area (Å²) >= 11 is 6.15. The molecule has 0 aliphatic rings. The fraction of sp³-hybridized carbons (Fsp3) is 0.250. The molecule has 0 aromatic heterocycles. The summed E-state index contributed by atoms with van der Waals surface area (Å²) in [6.07, 6.45) is 0. The van der Waals surface area contributed by atoms with Crippen LogP contribution in [0.5, 0.6) is 5.75 Å². The first-order valence-corrected chi connectivity index (χ1v) is 6.72. The van der Waals surface area contributed by atoms with Crippen LogP contribution < -0.4 is 10.1 Å². The quantitative estimate of drug-likeness (QED) is 0.916. The van der Waals surface area contributed by atoms with Crippen molar-refractivity contribution in [1.29, 1.82) is 0 Å². The van der Waals surface area contributed by atoms with E-state index in [0.29, 0.717) is 10.6 Å². The highest BCUT2D eigenvalue weighted by atomic mass is 35.5. The molecule has 2 aromatic carbocycles. The van der Waals surface area contributed by atoms with Gasteiger partial charge in [-0.3, -0.25) is 0 Å². The summed E-state index contributed by atoms with van der Waals surface area (Å²) < 4.78 is 19.5. The third kappa shape index (κ3) is 2.65. The van der Waals surface area contributed by atoms with Gasteiger partial charge in [0.05, 0.1) is 13.2 Å². The predicted molar refractivity (Wildman–Crippen MR) is 80.0 cm³/mol. The van der Waals surface area contributed by atoms with Crippen LogP contribution in [0.1, 0.15) is 22.7 Å². The lowest BCUT2D eigenvalue weighted by molar-refractivity contribution is 0.382. The Labute approximate surface area is 123 Å². The van der Waals surface area contributed by atoms with Crippen molar-refractivity contribution in [3.8, 4) is 5.75 Å². The van der Waals surface area contributed by atoms with Crippen LogP contribution in [-0.4, -0.2) is 14.2 Å². The fourth-order valence-electron chi connectivity index (χ4n) is 2.32. The Morgan fingerprint density at radius 2 is 1.80 bits per heavy atom. The molecule has 0 heterocycles. The Hall–Kier alpha value is -1.58. The lowest BCUT2D eigenvalue weighted by atomic mass is 9.94. The SMILES string of the molecule is CNC(c1cccc(Cl)c1C)c1cccc(OC)c1F. The molecule has 1 atom stereocenters. The highest BCUT2D eigenvalue weighted by Gasteiger charge is 2.20. The Morgan fingerprint density at radius 3 is 2.45 bits per heavy atom. The second-order valence-corrected chi connectivity index (χ2v) is 4.95. The van der Waals surface area contributed by atoms with Crippen molar-refractivity contribution in [3.05, 3.63) is 63.9 Å². The predicted octanol–water partition coefficient (Wildman–Crippen LogP) is 4.10. The standard InChI is InChI=1S/C16H17ClFNO/c1-10-11(6-4-8-13(10)17)16(19-2)12-7-5-9-14(20-3)15(12)18/h4-9,16,19H,1-3H3. The van der Waals surface area contributed by atoms with E-state index in [0.717, 1.165) is 11.1 Å². The van der Waals surface area contributed by atoms with Gasteiger partial charge in [-0.1, -0.05) is 35.9 Å². The summed E-state index contributed by atoms with van der Waals surface area (Å²) in [6.45, 7) is 1.93. The van der Waals surface area contributed by atoms with Gasteiger partial charge < -0.3 is 10.1 Å². The average Bonchev–Trinajstić information content (AvgIpc) is 2.46. The lowest BCUT2D eigenvalue weighted by Crippen LogP contribution is -2.20. The van der Waals surface area contributed by atoms with Crippen LogP contribution in [0.4, 0.5) is 4.39 Å². The molecule has 1 N–H and O–H groups in total. The molecular weight excluding hydrogens is 277 g/mol. The number of halogens is 2. The van der Waals surface area contributed by atoms with E-state index in [1.165, 1.54) is 7.11 Å². The molecule has 0 bridgehead atoms. The fourth-order valence-corrected chi connectivity index (χ4v) is 2.51. The van der Waals surface area contributed by atoms with Crippen LogP contribution in [-0.2, 0) is 0 Å². The average molecular weight is 294 g/mol. The molecule has 2 aromatic rings. The zero-order valence-corrected chi connectivity index (χ0v) is 12.5. The van der Waals surface area contributed by atoms with Gasteiger partial charge in [-0.15, -0.1) is 0 Å². The number of benzene rings is 2. The van der Waals surface area contributed by atoms with Gasteiger partial charge in [-0.05, 0) is 37.2 Å². The number of rotatable bonds is 4. The molecular formula is C16H17ClFNO. The van der Waals surface area contributed by atoms with Crippen molar-refractivity contribution < 1.29 is 9.13 Å². The lowest BCUT2D eigenvalue weighted by Gasteiger charge is -2.21. The topological polar surface area (TPSA) is 21.3 Å². The number of methoxy groups -OCH3 is 1. The van der Waals surface area contributed by atoms with E-state index >= 15 is 0 Å². The minimum absolute atomic E-state index is 0.238. The van der Waals surface area contributed by atoms with Gasteiger partial charge in [-0.25, -0.2) is 4.39 Å². The smallest absolute Gasteiger partial charge is 0.170 e. The van der Waals surface area contributed by atoms with Gasteiger partial charge in [0.15, 0.2) is 11.6 Å². The molecule has 4 heteroatoms. The number of ether oxygens (including phenoxy) is 1. The number of hydrogen-bond donors (Lipinski definition) is 1. The van der Waals surface area contributed by atoms with Gasteiger partial charge in [0.25, 0.3) is 0 Å². The molecule has 0 fully saturated rings. The Morgan fingerprint density at radius 1 is 1.15 bits per heavy atom. The van der Waals surface area contributed by atoms with Crippen molar-refractivity contribution in [2.24, 2.45) is 0 Å². The van der Waals surface area contributed by atoms with Gasteiger partial charge in [0.1, 0.15) is 0 Å². The molecule has 0 spiro atoms. The van der Waals surface area contributed by atoms with Crippen molar-refractivity contribution >= 4 is 11.6 Å². The molecule has 0 radical (unpaired) electrons. The van der Waals surface area contributed by atoms with E-state index in [1.807, 2.05) is 25.1 Å². The maximum atomic E-state index is 14.4. The molecule has 2 nitrogen and oxygen atoms in total. The van der Waals surface area contributed by atoms with Gasteiger partial charge in [0.2, 0.25) is 0 Å². The first-order chi connectivity index (χ1) is 9.60. The van der Waals surface area contributed by atoms with E-state index in [2.05, 4.69) is 5.32 Å². The van der Waals surface area contributed by atoms with Gasteiger partial charge in [-0.2, -0.15) is 0 Å². The van der Waals surface area contributed by atoms with Crippen molar-refractivity contribution in [2.75, 3.05) is 14.2 Å². The molecule has 0 aliphatic carbocycles. The molecule has 106 valence electrons. The van der Waals surface area contributed by atoms with E-state index in [4.69, 9.17) is 16.3 Å². The van der Waals surface area contributed by atoms with Crippen LogP contribution in [0, 0.1) is 12.7 Å². The second-order valence-electron chi connectivity index (χ2n) is 4.54. The minimum atomic E-state index is -0.353. The first-order valence-electron chi connectivity index (χ1n) is 6.34. The first kappa shape index (κ1) is 14.8. The summed E-state index contributed by atoms with van der Waals surface area (Å²) in [7, 11) is 3.26. The summed E-state index contributed by atoms with van der Waals surface area (Å²) in [5.74, 6) is -0.115. The Balaban J connectivity index is 2.56. The van der Waals surface area contributed by atoms with Crippen molar-refractivity contribution in [3.63, 3.8) is 0 Å². The van der Waals surface area contributed by atoms with Crippen LogP contribution in [0.2, 0.25) is 5.02 Å². The van der Waals surface area contributed by atoms with Crippen LogP contribution in [0.25, 0.3) is 0 Å². The maximum absolute atomic E-state index is 14.4. The Bertz CT molecular complexity index is 615. The summed E-state index contributed by atoms with van der Waals surface area (Å²) in [4.78, 5) is 0. The molecule has 0 amide bonds. The Kier molecular flexibility index (Phi) is 4.63. The normalized spacial score (nSPS) is 12.2. The minimum Gasteiger partial charge on any atom is -0.494 e. The van der Waals surface area contributed by atoms with E-state index < -0.39 is 0 Å². The second kappa shape index (κ2) is 6.25. The van der Waals surface area contributed by atoms with E-state index in [-0.39, 0.29) is 17.6 Å². The summed E-state index contributed by atoms with van der Waals surface area (Å²) in [5.41, 5.74) is 2.43. The van der Waals surface area contributed by atoms with Gasteiger partial charge >= 0.3 is 0 Å². The van der Waals surface area contributed by atoms with Crippen LogP contribution in [0.15, 0.2) is 36.4 Å². The number of nitrogens with one attached hydrogen (secondary N) is 1. The van der Waals surface area contributed by atoms with E-state index in [1.54, 1.807) is 25.2 Å². The zero-order chi connectivity index (χ0) is 14.7. The molecule has 0 saturated carbocycles. The zero-order valence-electron chi connectivity index (χ0n) is 11.7.